The molecule has 1 N–H and O–H groups in total. The standard InChI is InChI=1S/C31H41ClN4O4/c1-8-40-27-15-14-22(32)19-24(27)26(37)16-17-31(3,4)20-28(38)33-29-25(18-21(2)34(5)6)35(7)36(30(29)39)23-12-10-9-11-13-23/h9-15,19,21H,8,16-18,20H2,1-7H3,(H,33,38)/t21-/m0/s1. The molecule has 9 heteroatoms. The summed E-state index contributed by atoms with van der Waals surface area (Å²) in [5.41, 5.74) is 1.44. The SMILES string of the molecule is CCOc1ccc(Cl)cc1C(=O)CCC(C)(C)CC(=O)Nc1c(C[C@H](C)N(C)C)n(C)n(-c2ccccc2)c1=O. The highest BCUT2D eigenvalue weighted by atomic mass is 35.5. The molecular weight excluding hydrogens is 528 g/mol. The van der Waals surface area contributed by atoms with Gasteiger partial charge < -0.3 is 15.0 Å². The van der Waals surface area contributed by atoms with Gasteiger partial charge in [-0.05, 0) is 70.1 Å². The Morgan fingerprint density at radius 2 is 1.80 bits per heavy atom. The Morgan fingerprint density at radius 1 is 1.12 bits per heavy atom. The summed E-state index contributed by atoms with van der Waals surface area (Å²) in [7, 11) is 5.81. The van der Waals surface area contributed by atoms with Crippen LogP contribution in [0.25, 0.3) is 5.69 Å². The number of carbonyl (C=O) groups excluding carboxylic acids is 2. The van der Waals surface area contributed by atoms with Crippen LogP contribution in [0.4, 0.5) is 5.69 Å². The largest absolute Gasteiger partial charge is 0.493 e. The lowest BCUT2D eigenvalue weighted by molar-refractivity contribution is -0.118. The van der Waals surface area contributed by atoms with Gasteiger partial charge in [-0.1, -0.05) is 43.6 Å². The smallest absolute Gasteiger partial charge is 0.295 e. The van der Waals surface area contributed by atoms with Gasteiger partial charge in [0, 0.05) is 37.4 Å². The van der Waals surface area contributed by atoms with Crippen LogP contribution in [0.15, 0.2) is 53.3 Å². The van der Waals surface area contributed by atoms with E-state index in [0.29, 0.717) is 35.8 Å². The number of anilines is 1. The Bertz CT molecular complexity index is 1390. The van der Waals surface area contributed by atoms with Crippen LogP contribution in [0.3, 0.4) is 0 Å². The first kappa shape index (κ1) is 31.2. The Kier molecular flexibility index (Phi) is 10.4. The van der Waals surface area contributed by atoms with E-state index >= 15 is 0 Å². The number of Topliss-reactive ketones (excluding diaryl/α,β-unsaturated/α-hetero) is 1. The Morgan fingerprint density at radius 3 is 2.42 bits per heavy atom. The van der Waals surface area contributed by atoms with Crippen LogP contribution in [0.5, 0.6) is 5.75 Å². The molecule has 0 saturated carbocycles. The summed E-state index contributed by atoms with van der Waals surface area (Å²) in [5, 5.41) is 3.40. The van der Waals surface area contributed by atoms with E-state index in [1.807, 2.05) is 76.9 Å². The number of amides is 1. The number of halogens is 1. The van der Waals surface area contributed by atoms with Gasteiger partial charge in [0.15, 0.2) is 5.78 Å². The van der Waals surface area contributed by atoms with Crippen LogP contribution >= 0.6 is 11.6 Å². The molecule has 0 spiro atoms. The molecule has 1 aromatic heterocycles. The first-order valence-corrected chi connectivity index (χ1v) is 14.0. The Hall–Kier alpha value is -3.36. The van der Waals surface area contributed by atoms with E-state index in [2.05, 4.69) is 17.1 Å². The number of carbonyl (C=O) groups is 2. The van der Waals surface area contributed by atoms with Crippen molar-refractivity contribution >= 4 is 29.0 Å². The summed E-state index contributed by atoms with van der Waals surface area (Å²) in [6, 6.07) is 14.5. The number of rotatable bonds is 13. The summed E-state index contributed by atoms with van der Waals surface area (Å²) in [5.74, 6) is 0.149. The number of ketones is 1. The molecule has 0 unspecified atom stereocenters. The van der Waals surface area contributed by atoms with Gasteiger partial charge >= 0.3 is 0 Å². The van der Waals surface area contributed by atoms with Gasteiger partial charge in [-0.3, -0.25) is 19.1 Å². The van der Waals surface area contributed by atoms with Gasteiger partial charge in [0.2, 0.25) is 5.91 Å². The number of aromatic nitrogens is 2. The van der Waals surface area contributed by atoms with Crippen molar-refractivity contribution in [3.63, 3.8) is 0 Å². The number of likely N-dealkylation sites (N-methyl/N-ethyl adjacent to an activating group) is 1. The quantitative estimate of drug-likeness (QED) is 0.266. The van der Waals surface area contributed by atoms with Crippen molar-refractivity contribution in [1.82, 2.24) is 14.3 Å². The number of benzene rings is 2. The molecule has 0 aliphatic carbocycles. The van der Waals surface area contributed by atoms with Gasteiger partial charge in [-0.25, -0.2) is 4.68 Å². The Balaban J connectivity index is 1.79. The first-order valence-electron chi connectivity index (χ1n) is 13.6. The Labute approximate surface area is 241 Å². The predicted molar refractivity (Wildman–Crippen MR) is 161 cm³/mol. The van der Waals surface area contributed by atoms with Crippen LogP contribution in [0.1, 0.15) is 63.0 Å². The highest BCUT2D eigenvalue weighted by molar-refractivity contribution is 6.31. The average Bonchev–Trinajstić information content (AvgIpc) is 3.12. The lowest BCUT2D eigenvalue weighted by atomic mass is 9.82. The van der Waals surface area contributed by atoms with Gasteiger partial charge in [0.05, 0.1) is 23.6 Å². The zero-order chi connectivity index (χ0) is 29.6. The molecule has 0 saturated heterocycles. The zero-order valence-electron chi connectivity index (χ0n) is 24.6. The number of hydrogen-bond donors (Lipinski definition) is 1. The summed E-state index contributed by atoms with van der Waals surface area (Å²) in [4.78, 5) is 42.0. The van der Waals surface area contributed by atoms with Gasteiger partial charge in [0.1, 0.15) is 11.4 Å². The van der Waals surface area contributed by atoms with Crippen molar-refractivity contribution in [2.45, 2.75) is 59.4 Å². The van der Waals surface area contributed by atoms with Crippen LogP contribution in [-0.4, -0.2) is 52.7 Å². The number of nitrogens with one attached hydrogen (secondary N) is 1. The molecule has 1 heterocycles. The fourth-order valence-corrected chi connectivity index (χ4v) is 4.80. The second kappa shape index (κ2) is 13.3. The van der Waals surface area contributed by atoms with Crippen molar-refractivity contribution in [2.75, 3.05) is 26.0 Å². The fraction of sp³-hybridized carbons (Fsp3) is 0.452. The van der Waals surface area contributed by atoms with Crippen molar-refractivity contribution in [2.24, 2.45) is 12.5 Å². The highest BCUT2D eigenvalue weighted by Crippen LogP contribution is 2.31. The molecule has 0 aliphatic heterocycles. The topological polar surface area (TPSA) is 85.6 Å². The van der Waals surface area contributed by atoms with Gasteiger partial charge in [-0.15, -0.1) is 0 Å². The number of nitrogens with zero attached hydrogens (tertiary/aromatic N) is 3. The highest BCUT2D eigenvalue weighted by Gasteiger charge is 2.27. The lowest BCUT2D eigenvalue weighted by Crippen LogP contribution is -2.29. The van der Waals surface area contributed by atoms with Crippen molar-refractivity contribution in [3.05, 3.63) is 75.2 Å². The van der Waals surface area contributed by atoms with Crippen molar-refractivity contribution in [3.8, 4) is 11.4 Å². The minimum absolute atomic E-state index is 0.0896. The maximum atomic E-state index is 13.6. The molecule has 0 radical (unpaired) electrons. The van der Waals surface area contributed by atoms with E-state index in [-0.39, 0.29) is 41.8 Å². The minimum Gasteiger partial charge on any atom is -0.493 e. The van der Waals surface area contributed by atoms with E-state index in [1.54, 1.807) is 22.9 Å². The molecule has 1 amide bonds. The third-order valence-electron chi connectivity index (χ3n) is 7.23. The second-order valence-electron chi connectivity index (χ2n) is 11.2. The number of hydrogen-bond acceptors (Lipinski definition) is 5. The van der Waals surface area contributed by atoms with Crippen LogP contribution in [0, 0.1) is 5.41 Å². The first-order chi connectivity index (χ1) is 18.8. The van der Waals surface area contributed by atoms with Crippen LogP contribution < -0.4 is 15.6 Å². The third kappa shape index (κ3) is 7.64. The molecule has 8 nitrogen and oxygen atoms in total. The maximum absolute atomic E-state index is 13.6. The maximum Gasteiger partial charge on any atom is 0.295 e. The zero-order valence-corrected chi connectivity index (χ0v) is 25.3. The predicted octanol–water partition coefficient (Wildman–Crippen LogP) is 5.74. The molecule has 40 heavy (non-hydrogen) atoms. The summed E-state index contributed by atoms with van der Waals surface area (Å²) in [6.45, 7) is 8.27. The lowest BCUT2D eigenvalue weighted by Gasteiger charge is -2.24. The second-order valence-corrected chi connectivity index (χ2v) is 11.6. The average molecular weight is 569 g/mol. The van der Waals surface area contributed by atoms with E-state index in [4.69, 9.17) is 16.3 Å². The molecular formula is C31H41ClN4O4. The molecule has 0 bridgehead atoms. The minimum atomic E-state index is -0.492. The van der Waals surface area contributed by atoms with E-state index < -0.39 is 5.41 Å². The number of ether oxygens (including phenoxy) is 1. The molecule has 2 aromatic carbocycles. The molecule has 3 rings (SSSR count). The molecule has 3 aromatic rings. The van der Waals surface area contributed by atoms with E-state index in [1.165, 1.54) is 0 Å². The van der Waals surface area contributed by atoms with Crippen LogP contribution in [0.2, 0.25) is 5.02 Å². The summed E-state index contributed by atoms with van der Waals surface area (Å²) in [6.07, 6.45) is 1.44. The number of para-hydroxylation sites is 1. The molecule has 216 valence electrons. The van der Waals surface area contributed by atoms with Gasteiger partial charge in [-0.2, -0.15) is 0 Å². The molecule has 0 fully saturated rings. The normalized spacial score (nSPS) is 12.4. The third-order valence-corrected chi connectivity index (χ3v) is 7.47. The molecule has 0 aliphatic rings. The molecule has 1 atom stereocenters. The van der Waals surface area contributed by atoms with Crippen molar-refractivity contribution < 1.29 is 14.3 Å². The van der Waals surface area contributed by atoms with E-state index in [0.717, 1.165) is 11.4 Å². The van der Waals surface area contributed by atoms with E-state index in [9.17, 15) is 14.4 Å². The fourth-order valence-electron chi connectivity index (χ4n) is 4.62. The van der Waals surface area contributed by atoms with Crippen LogP contribution in [-0.2, 0) is 18.3 Å². The van der Waals surface area contributed by atoms with Crippen molar-refractivity contribution in [1.29, 1.82) is 0 Å². The summed E-state index contributed by atoms with van der Waals surface area (Å²) >= 11 is 6.13. The van der Waals surface area contributed by atoms with Gasteiger partial charge in [0.25, 0.3) is 5.56 Å². The monoisotopic (exact) mass is 568 g/mol. The summed E-state index contributed by atoms with van der Waals surface area (Å²) < 4.78 is 9.00.